The minimum Gasteiger partial charge on any atom is -0.511 e. The highest BCUT2D eigenvalue weighted by atomic mass is 16.6. The average Bonchev–Trinajstić information content (AvgIpc) is 2.04. The Bertz CT molecular complexity index is 268. The van der Waals surface area contributed by atoms with E-state index in [1.54, 1.807) is 19.4 Å². The van der Waals surface area contributed by atoms with Crippen LogP contribution in [-0.4, -0.2) is 29.5 Å². The Kier molecular flexibility index (Phi) is 3.69. The quantitative estimate of drug-likeness (QED) is 0.620. The molecule has 0 bridgehead atoms. The summed E-state index contributed by atoms with van der Waals surface area (Å²) in [5.74, 6) is 0.296. The third-order valence-corrected chi connectivity index (χ3v) is 1.32. The zero-order valence-corrected chi connectivity index (χ0v) is 7.17. The highest BCUT2D eigenvalue weighted by molar-refractivity contribution is 6.33. The molecule has 0 saturated heterocycles. The van der Waals surface area contributed by atoms with Crippen molar-refractivity contribution in [3.05, 3.63) is 24.0 Å². The molecule has 1 aromatic heterocycles. The van der Waals surface area contributed by atoms with E-state index in [2.05, 4.69) is 9.64 Å². The van der Waals surface area contributed by atoms with Gasteiger partial charge in [-0.15, -0.1) is 0 Å². The molecule has 1 heterocycles. The molecule has 0 aliphatic rings. The summed E-state index contributed by atoms with van der Waals surface area (Å²) in [6.45, 7) is 0.408. The number of aromatic nitrogens is 1. The molecule has 0 aliphatic heterocycles. The van der Waals surface area contributed by atoms with Gasteiger partial charge in [0, 0.05) is 13.3 Å². The van der Waals surface area contributed by atoms with Crippen LogP contribution in [0, 0.1) is 0 Å². The molecule has 0 aromatic carbocycles. The van der Waals surface area contributed by atoms with Crippen molar-refractivity contribution >= 4 is 7.32 Å². The first kappa shape index (κ1) is 9.98. The van der Waals surface area contributed by atoms with Crippen molar-refractivity contribution in [2.24, 2.45) is 0 Å². The SMILES string of the molecule is COCc1cncc(OB(O)O)c1. The molecule has 1 rings (SSSR count). The van der Waals surface area contributed by atoms with Crippen LogP contribution >= 0.6 is 0 Å². The van der Waals surface area contributed by atoms with Gasteiger partial charge in [0.2, 0.25) is 0 Å². The van der Waals surface area contributed by atoms with Crippen LogP contribution in [0.2, 0.25) is 0 Å². The molecule has 0 saturated carbocycles. The Morgan fingerprint density at radius 3 is 2.85 bits per heavy atom. The van der Waals surface area contributed by atoms with E-state index in [1.165, 1.54) is 6.20 Å². The maximum Gasteiger partial charge on any atom is 0.707 e. The predicted molar refractivity (Wildman–Crippen MR) is 45.8 cm³/mol. The van der Waals surface area contributed by atoms with Gasteiger partial charge in [-0.2, -0.15) is 0 Å². The Morgan fingerprint density at radius 2 is 2.23 bits per heavy atom. The molecule has 0 spiro atoms. The van der Waals surface area contributed by atoms with Crippen molar-refractivity contribution in [2.45, 2.75) is 6.61 Å². The summed E-state index contributed by atoms with van der Waals surface area (Å²) in [6, 6.07) is 1.62. The molecule has 13 heavy (non-hydrogen) atoms. The lowest BCUT2D eigenvalue weighted by Gasteiger charge is -2.05. The van der Waals surface area contributed by atoms with Crippen LogP contribution in [0.25, 0.3) is 0 Å². The molecule has 2 N–H and O–H groups in total. The van der Waals surface area contributed by atoms with Crippen molar-refractivity contribution in [1.82, 2.24) is 4.98 Å². The van der Waals surface area contributed by atoms with Gasteiger partial charge in [-0.05, 0) is 11.6 Å². The number of rotatable bonds is 4. The first-order valence-corrected chi connectivity index (χ1v) is 3.68. The molecule has 6 heteroatoms. The van der Waals surface area contributed by atoms with Crippen molar-refractivity contribution in [3.63, 3.8) is 0 Å². The number of nitrogens with zero attached hydrogens (tertiary/aromatic N) is 1. The van der Waals surface area contributed by atoms with Crippen LogP contribution in [0.3, 0.4) is 0 Å². The van der Waals surface area contributed by atoms with Gasteiger partial charge in [-0.3, -0.25) is 4.98 Å². The summed E-state index contributed by atoms with van der Waals surface area (Å²) in [6.07, 6.45) is 3.00. The minimum absolute atomic E-state index is 0.296. The van der Waals surface area contributed by atoms with Crippen molar-refractivity contribution in [1.29, 1.82) is 0 Å². The van der Waals surface area contributed by atoms with E-state index >= 15 is 0 Å². The molecular formula is C7H10BNO4. The monoisotopic (exact) mass is 183 g/mol. The Labute approximate surface area is 76.1 Å². The summed E-state index contributed by atoms with van der Waals surface area (Å²) in [5, 5.41) is 17.0. The Morgan fingerprint density at radius 1 is 1.46 bits per heavy atom. The third kappa shape index (κ3) is 3.41. The molecule has 0 amide bonds. The second-order valence-electron chi connectivity index (χ2n) is 2.41. The number of hydrogen-bond donors (Lipinski definition) is 2. The van der Waals surface area contributed by atoms with E-state index in [4.69, 9.17) is 14.8 Å². The normalized spacial score (nSPS) is 9.77. The van der Waals surface area contributed by atoms with Crippen LogP contribution in [-0.2, 0) is 11.3 Å². The molecule has 5 nitrogen and oxygen atoms in total. The molecule has 0 atom stereocenters. The van der Waals surface area contributed by atoms with E-state index in [1.807, 2.05) is 0 Å². The van der Waals surface area contributed by atoms with Gasteiger partial charge in [0.1, 0.15) is 5.75 Å². The lowest BCUT2D eigenvalue weighted by Crippen LogP contribution is -2.20. The number of ether oxygens (including phenoxy) is 1. The van der Waals surface area contributed by atoms with Gasteiger partial charge < -0.3 is 19.4 Å². The van der Waals surface area contributed by atoms with Crippen LogP contribution in [0.4, 0.5) is 0 Å². The van der Waals surface area contributed by atoms with Gasteiger partial charge in [-0.1, -0.05) is 0 Å². The first-order valence-electron chi connectivity index (χ1n) is 3.68. The summed E-state index contributed by atoms with van der Waals surface area (Å²) < 4.78 is 9.46. The zero-order valence-electron chi connectivity index (χ0n) is 7.17. The standard InChI is InChI=1S/C7H10BNO4/c1-12-5-6-2-7(4-9-3-6)13-8(10)11/h2-4,10-11H,5H2,1H3. The van der Waals surface area contributed by atoms with Crippen LogP contribution < -0.4 is 4.65 Å². The molecule has 1 aromatic rings. The highest BCUT2D eigenvalue weighted by Crippen LogP contribution is 2.11. The Hall–Kier alpha value is -1.11. The molecule has 70 valence electrons. The van der Waals surface area contributed by atoms with E-state index in [9.17, 15) is 0 Å². The Balaban J connectivity index is 2.67. The maximum absolute atomic E-state index is 8.50. The minimum atomic E-state index is -1.82. The molecule has 0 aliphatic carbocycles. The van der Waals surface area contributed by atoms with E-state index < -0.39 is 7.32 Å². The smallest absolute Gasteiger partial charge is 0.511 e. The first-order chi connectivity index (χ1) is 6.22. The van der Waals surface area contributed by atoms with Gasteiger partial charge in [0.25, 0.3) is 0 Å². The molecule has 0 fully saturated rings. The van der Waals surface area contributed by atoms with Crippen LogP contribution in [0.15, 0.2) is 18.5 Å². The summed E-state index contributed by atoms with van der Waals surface area (Å²) in [7, 11) is -0.256. The second-order valence-corrected chi connectivity index (χ2v) is 2.41. The lowest BCUT2D eigenvalue weighted by molar-refractivity contribution is 0.184. The predicted octanol–water partition coefficient (Wildman–Crippen LogP) is -0.424. The van der Waals surface area contributed by atoms with Gasteiger partial charge in [0.05, 0.1) is 12.8 Å². The molecule has 0 radical (unpaired) electrons. The third-order valence-electron chi connectivity index (χ3n) is 1.32. The molecule has 0 unspecified atom stereocenters. The molecular weight excluding hydrogens is 173 g/mol. The van der Waals surface area contributed by atoms with E-state index in [0.717, 1.165) is 5.56 Å². The summed E-state index contributed by atoms with van der Waals surface area (Å²) in [4.78, 5) is 3.83. The number of hydrogen-bond acceptors (Lipinski definition) is 5. The average molecular weight is 183 g/mol. The van der Waals surface area contributed by atoms with Crippen molar-refractivity contribution < 1.29 is 19.4 Å². The number of pyridine rings is 1. The van der Waals surface area contributed by atoms with E-state index in [0.29, 0.717) is 12.4 Å². The van der Waals surface area contributed by atoms with Gasteiger partial charge in [-0.25, -0.2) is 0 Å². The fourth-order valence-corrected chi connectivity index (χ4v) is 0.895. The maximum atomic E-state index is 8.50. The largest absolute Gasteiger partial charge is 0.707 e. The van der Waals surface area contributed by atoms with E-state index in [-0.39, 0.29) is 0 Å². The summed E-state index contributed by atoms with van der Waals surface area (Å²) >= 11 is 0. The van der Waals surface area contributed by atoms with Crippen molar-refractivity contribution in [3.8, 4) is 5.75 Å². The van der Waals surface area contributed by atoms with Gasteiger partial charge >= 0.3 is 7.32 Å². The van der Waals surface area contributed by atoms with Crippen LogP contribution in [0.1, 0.15) is 5.56 Å². The van der Waals surface area contributed by atoms with Gasteiger partial charge in [0.15, 0.2) is 0 Å². The van der Waals surface area contributed by atoms with Crippen molar-refractivity contribution in [2.75, 3.05) is 7.11 Å². The number of methoxy groups -OCH3 is 1. The fraction of sp³-hybridized carbons (Fsp3) is 0.286. The lowest BCUT2D eigenvalue weighted by atomic mass is 10.2. The summed E-state index contributed by atoms with van der Waals surface area (Å²) in [5.41, 5.74) is 0.806. The zero-order chi connectivity index (χ0) is 9.68. The second kappa shape index (κ2) is 4.81. The highest BCUT2D eigenvalue weighted by Gasteiger charge is 2.11. The topological polar surface area (TPSA) is 71.8 Å². The fourth-order valence-electron chi connectivity index (χ4n) is 0.895. The van der Waals surface area contributed by atoms with Crippen LogP contribution in [0.5, 0.6) is 5.75 Å².